The third-order valence-corrected chi connectivity index (χ3v) is 3.81. The monoisotopic (exact) mass is 307 g/mol. The first-order valence-electron chi connectivity index (χ1n) is 6.97. The third-order valence-electron chi connectivity index (χ3n) is 3.08. The number of aromatic nitrogens is 1. The van der Waals surface area contributed by atoms with Crippen molar-refractivity contribution >= 4 is 17.2 Å². The van der Waals surface area contributed by atoms with Gasteiger partial charge in [0.05, 0.1) is 6.20 Å². The molecule has 0 spiro atoms. The summed E-state index contributed by atoms with van der Waals surface area (Å²) in [6, 6.07) is 3.66. The van der Waals surface area contributed by atoms with Crippen molar-refractivity contribution in [2.45, 2.75) is 39.4 Å². The predicted octanol–water partition coefficient (Wildman–Crippen LogP) is 3.81. The second kappa shape index (κ2) is 6.54. The van der Waals surface area contributed by atoms with E-state index >= 15 is 0 Å². The Balaban J connectivity index is 2.17. The van der Waals surface area contributed by atoms with Gasteiger partial charge in [-0.15, -0.1) is 0 Å². The zero-order valence-corrected chi connectivity index (χ0v) is 13.8. The fraction of sp³-hybridized carbons (Fsp3) is 0.438. The number of thiophene rings is 1. The lowest BCUT2D eigenvalue weighted by Crippen LogP contribution is -2.35. The second-order valence-corrected chi connectivity index (χ2v) is 7.01. The number of halogens is 1. The van der Waals surface area contributed by atoms with Crippen LogP contribution in [0.15, 0.2) is 29.1 Å². The van der Waals surface area contributed by atoms with Crippen LogP contribution in [-0.4, -0.2) is 17.6 Å². The highest BCUT2D eigenvalue weighted by Crippen LogP contribution is 2.21. The molecule has 0 fully saturated rings. The number of hydrogen-bond acceptors (Lipinski definition) is 4. The Morgan fingerprint density at radius 2 is 2.14 bits per heavy atom. The van der Waals surface area contributed by atoms with Gasteiger partial charge in [-0.1, -0.05) is 0 Å². The summed E-state index contributed by atoms with van der Waals surface area (Å²) in [6.45, 7) is 7.64. The maximum Gasteiger partial charge on any atom is 0.141 e. The maximum atomic E-state index is 13.5. The molecule has 0 aromatic carbocycles. The van der Waals surface area contributed by atoms with Gasteiger partial charge in [0.2, 0.25) is 0 Å². The van der Waals surface area contributed by atoms with Crippen LogP contribution in [0.2, 0.25) is 0 Å². The molecule has 0 aliphatic rings. The molecule has 0 bridgehead atoms. The van der Waals surface area contributed by atoms with E-state index in [-0.39, 0.29) is 11.4 Å². The smallest absolute Gasteiger partial charge is 0.141 e. The minimum Gasteiger partial charge on any atom is -0.355 e. The quantitative estimate of drug-likeness (QED) is 0.910. The highest BCUT2D eigenvalue weighted by molar-refractivity contribution is 7.07. The first-order chi connectivity index (χ1) is 9.85. The summed E-state index contributed by atoms with van der Waals surface area (Å²) in [6.07, 6.45) is 1.28. The van der Waals surface area contributed by atoms with E-state index in [9.17, 15) is 4.39 Å². The van der Waals surface area contributed by atoms with E-state index in [0.717, 1.165) is 17.9 Å². The summed E-state index contributed by atoms with van der Waals surface area (Å²) in [7, 11) is 1.98. The van der Waals surface area contributed by atoms with Crippen molar-refractivity contribution in [3.8, 4) is 0 Å². The molecule has 2 aromatic heterocycles. The number of nitrogens with one attached hydrogen (secondary N) is 1. The van der Waals surface area contributed by atoms with E-state index in [2.05, 4.69) is 52.8 Å². The summed E-state index contributed by atoms with van der Waals surface area (Å²) in [5.41, 5.74) is 2.10. The van der Waals surface area contributed by atoms with Crippen LogP contribution >= 0.6 is 11.3 Å². The fourth-order valence-corrected chi connectivity index (χ4v) is 2.70. The van der Waals surface area contributed by atoms with Gasteiger partial charge in [0, 0.05) is 31.2 Å². The molecule has 0 radical (unpaired) electrons. The summed E-state index contributed by atoms with van der Waals surface area (Å²) in [4.78, 5) is 6.33. The lowest BCUT2D eigenvalue weighted by Gasteiger charge is -2.24. The Morgan fingerprint density at radius 1 is 1.38 bits per heavy atom. The van der Waals surface area contributed by atoms with Gasteiger partial charge in [-0.25, -0.2) is 9.37 Å². The van der Waals surface area contributed by atoms with Gasteiger partial charge in [-0.2, -0.15) is 11.3 Å². The second-order valence-electron chi connectivity index (χ2n) is 6.23. The van der Waals surface area contributed by atoms with Crippen molar-refractivity contribution < 1.29 is 4.39 Å². The SMILES string of the molecule is CN(Cc1ccsc1)c1ncc(F)cc1CNC(C)(C)C. The van der Waals surface area contributed by atoms with Gasteiger partial charge in [-0.3, -0.25) is 0 Å². The topological polar surface area (TPSA) is 28.2 Å². The van der Waals surface area contributed by atoms with E-state index in [1.807, 2.05) is 7.05 Å². The Hall–Kier alpha value is -1.46. The van der Waals surface area contributed by atoms with Crippen LogP contribution in [-0.2, 0) is 13.1 Å². The molecule has 1 N–H and O–H groups in total. The Morgan fingerprint density at radius 3 is 2.76 bits per heavy atom. The zero-order valence-electron chi connectivity index (χ0n) is 13.0. The molecule has 2 aromatic rings. The molecule has 114 valence electrons. The summed E-state index contributed by atoms with van der Waals surface area (Å²) >= 11 is 1.68. The Labute approximate surface area is 129 Å². The van der Waals surface area contributed by atoms with Gasteiger partial charge in [0.1, 0.15) is 11.6 Å². The van der Waals surface area contributed by atoms with Crippen LogP contribution in [0.25, 0.3) is 0 Å². The molecule has 3 nitrogen and oxygen atoms in total. The molecular weight excluding hydrogens is 285 g/mol. The molecule has 2 heterocycles. The number of hydrogen-bond donors (Lipinski definition) is 1. The molecule has 2 rings (SSSR count). The van der Waals surface area contributed by atoms with E-state index in [1.54, 1.807) is 17.4 Å². The molecule has 0 aliphatic carbocycles. The van der Waals surface area contributed by atoms with E-state index in [4.69, 9.17) is 0 Å². The number of anilines is 1. The predicted molar refractivity (Wildman–Crippen MR) is 87.2 cm³/mol. The Bertz CT molecular complexity index is 576. The molecule has 0 saturated carbocycles. The van der Waals surface area contributed by atoms with Crippen LogP contribution in [0.1, 0.15) is 31.9 Å². The molecule has 5 heteroatoms. The van der Waals surface area contributed by atoms with E-state index < -0.39 is 0 Å². The van der Waals surface area contributed by atoms with Gasteiger partial charge >= 0.3 is 0 Å². The summed E-state index contributed by atoms with van der Waals surface area (Å²) in [5.74, 6) is 0.521. The number of rotatable bonds is 5. The van der Waals surface area contributed by atoms with Crippen molar-refractivity contribution in [3.05, 3.63) is 46.0 Å². The first-order valence-corrected chi connectivity index (χ1v) is 7.91. The summed E-state index contributed by atoms with van der Waals surface area (Å²) in [5, 5.41) is 7.57. The molecular formula is C16H22FN3S. The average Bonchev–Trinajstić information content (AvgIpc) is 2.88. The van der Waals surface area contributed by atoms with Gasteiger partial charge < -0.3 is 10.2 Å². The van der Waals surface area contributed by atoms with Crippen molar-refractivity contribution in [3.63, 3.8) is 0 Å². The van der Waals surface area contributed by atoms with Crippen molar-refractivity contribution in [1.82, 2.24) is 10.3 Å². The maximum absolute atomic E-state index is 13.5. The van der Waals surface area contributed by atoms with E-state index in [0.29, 0.717) is 6.54 Å². The highest BCUT2D eigenvalue weighted by atomic mass is 32.1. The first kappa shape index (κ1) is 15.9. The minimum absolute atomic E-state index is 0.0183. The fourth-order valence-electron chi connectivity index (χ4n) is 2.04. The van der Waals surface area contributed by atoms with Crippen LogP contribution in [0.4, 0.5) is 10.2 Å². The molecule has 21 heavy (non-hydrogen) atoms. The largest absolute Gasteiger partial charge is 0.355 e. The number of pyridine rings is 1. The van der Waals surface area contributed by atoms with E-state index in [1.165, 1.54) is 11.8 Å². The summed E-state index contributed by atoms with van der Waals surface area (Å²) < 4.78 is 13.5. The lowest BCUT2D eigenvalue weighted by atomic mass is 10.1. The van der Waals surface area contributed by atoms with Crippen LogP contribution < -0.4 is 10.2 Å². The lowest BCUT2D eigenvalue weighted by molar-refractivity contribution is 0.423. The third kappa shape index (κ3) is 4.79. The molecule has 0 aliphatic heterocycles. The molecule has 0 saturated heterocycles. The van der Waals surface area contributed by atoms with Crippen LogP contribution in [0.5, 0.6) is 0 Å². The van der Waals surface area contributed by atoms with Crippen LogP contribution in [0.3, 0.4) is 0 Å². The average molecular weight is 307 g/mol. The molecule has 0 amide bonds. The Kier molecular flexibility index (Phi) is 4.96. The van der Waals surface area contributed by atoms with Gasteiger partial charge in [-0.05, 0) is 49.2 Å². The zero-order chi connectivity index (χ0) is 15.5. The number of nitrogens with zero attached hydrogens (tertiary/aromatic N) is 2. The van der Waals surface area contributed by atoms with Crippen molar-refractivity contribution in [1.29, 1.82) is 0 Å². The van der Waals surface area contributed by atoms with Crippen LogP contribution in [0, 0.1) is 5.82 Å². The molecule has 0 atom stereocenters. The highest BCUT2D eigenvalue weighted by Gasteiger charge is 2.14. The van der Waals surface area contributed by atoms with Crippen molar-refractivity contribution in [2.75, 3.05) is 11.9 Å². The normalized spacial score (nSPS) is 11.7. The minimum atomic E-state index is -0.298. The van der Waals surface area contributed by atoms with Gasteiger partial charge in [0.25, 0.3) is 0 Å². The molecule has 0 unspecified atom stereocenters. The van der Waals surface area contributed by atoms with Crippen molar-refractivity contribution in [2.24, 2.45) is 0 Å². The standard InChI is InChI=1S/C16H22FN3S/c1-16(2,3)19-8-13-7-14(17)9-18-15(13)20(4)10-12-5-6-21-11-12/h5-7,9,11,19H,8,10H2,1-4H3. The van der Waals surface area contributed by atoms with Gasteiger partial charge in [0.15, 0.2) is 0 Å².